The molecular formula is C45H68N2O5. The van der Waals surface area contributed by atoms with Crippen molar-refractivity contribution in [1.82, 2.24) is 10.6 Å². The predicted octanol–water partition coefficient (Wildman–Crippen LogP) is 9.17. The second-order valence-electron chi connectivity index (χ2n) is 17.8. The molecule has 8 atom stereocenters. The van der Waals surface area contributed by atoms with Gasteiger partial charge in [-0.25, -0.2) is 4.79 Å². The Kier molecular flexibility index (Phi) is 12.9. The lowest BCUT2D eigenvalue weighted by molar-refractivity contribution is -0.181. The zero-order valence-corrected chi connectivity index (χ0v) is 33.4. The monoisotopic (exact) mass is 717 g/mol. The summed E-state index contributed by atoms with van der Waals surface area (Å²) in [5, 5.41) is 6.79. The summed E-state index contributed by atoms with van der Waals surface area (Å²) in [4.78, 5) is 37.4. The highest BCUT2D eigenvalue weighted by Gasteiger charge is 2.66. The maximum absolute atomic E-state index is 14.0. The Labute approximate surface area is 314 Å². The van der Waals surface area contributed by atoms with Gasteiger partial charge in [0.2, 0.25) is 5.91 Å². The zero-order valence-electron chi connectivity index (χ0n) is 33.4. The highest BCUT2D eigenvalue weighted by Crippen LogP contribution is 2.73. The van der Waals surface area contributed by atoms with Crippen LogP contribution in [0.5, 0.6) is 0 Å². The molecule has 5 aliphatic carbocycles. The summed E-state index contributed by atoms with van der Waals surface area (Å²) in [6.45, 7) is 17.8. The number of nitrogens with one attached hydrogen (secondary N) is 2. The molecular weight excluding hydrogens is 649 g/mol. The molecule has 52 heavy (non-hydrogen) atoms. The Morgan fingerprint density at radius 1 is 0.827 bits per heavy atom. The van der Waals surface area contributed by atoms with Crippen molar-refractivity contribution in [2.24, 2.45) is 51.2 Å². The van der Waals surface area contributed by atoms with E-state index in [4.69, 9.17) is 9.47 Å². The standard InChI is InChI=1S/C42H62N2O5.C3H6/c1-39(2)31(28-12-14-29(15-13-28)37(46)49-6)18-22-41(4)34(39)20-23-40(3)32-19-24-42(21-7-10-33(42)30(32)16-17-35(40)41)38(47)44-27-9-26-43-25-8-11-36(45)48-5;1-3-2/h12-15,18,30,32-35,43H,7-11,16-17,19-27H2,1-6H3,(H,44,47);3H,1H2,2H3. The molecule has 7 heteroatoms. The van der Waals surface area contributed by atoms with Gasteiger partial charge >= 0.3 is 11.9 Å². The number of rotatable bonds is 11. The Morgan fingerprint density at radius 3 is 2.23 bits per heavy atom. The van der Waals surface area contributed by atoms with Crippen molar-refractivity contribution in [2.45, 2.75) is 118 Å². The first-order chi connectivity index (χ1) is 24.8. The highest BCUT2D eigenvalue weighted by atomic mass is 16.5. The van der Waals surface area contributed by atoms with E-state index in [1.807, 2.05) is 19.1 Å². The number of ether oxygens (including phenoxy) is 2. The molecule has 0 bridgehead atoms. The maximum atomic E-state index is 14.0. The molecule has 7 nitrogen and oxygen atoms in total. The van der Waals surface area contributed by atoms with Crippen LogP contribution in [0.3, 0.4) is 0 Å². The molecule has 1 aromatic rings. The average Bonchev–Trinajstić information content (AvgIpc) is 3.58. The minimum atomic E-state index is -0.286. The van der Waals surface area contributed by atoms with Crippen molar-refractivity contribution in [3.8, 4) is 0 Å². The molecule has 0 aliphatic heterocycles. The third-order valence-corrected chi connectivity index (χ3v) is 14.9. The lowest BCUT2D eigenvalue weighted by Gasteiger charge is -2.68. The number of carbonyl (C=O) groups excluding carboxylic acids is 3. The number of carbonyl (C=O) groups is 3. The van der Waals surface area contributed by atoms with Crippen LogP contribution in [0.1, 0.15) is 134 Å². The summed E-state index contributed by atoms with van der Waals surface area (Å²) in [5.74, 6) is 3.08. The summed E-state index contributed by atoms with van der Waals surface area (Å²) in [7, 11) is 2.86. The fourth-order valence-corrected chi connectivity index (χ4v) is 12.8. The second kappa shape index (κ2) is 16.6. The molecule has 8 unspecified atom stereocenters. The number of amides is 1. The largest absolute Gasteiger partial charge is 0.469 e. The Bertz CT molecular complexity index is 1470. The van der Waals surface area contributed by atoms with Crippen molar-refractivity contribution in [3.05, 3.63) is 54.1 Å². The molecule has 0 spiro atoms. The predicted molar refractivity (Wildman–Crippen MR) is 209 cm³/mol. The van der Waals surface area contributed by atoms with Gasteiger partial charge in [0.1, 0.15) is 0 Å². The number of benzene rings is 1. The molecule has 0 radical (unpaired) electrons. The van der Waals surface area contributed by atoms with E-state index >= 15 is 0 Å². The van der Waals surface area contributed by atoms with Gasteiger partial charge in [-0.15, -0.1) is 6.58 Å². The van der Waals surface area contributed by atoms with E-state index in [1.54, 1.807) is 6.08 Å². The summed E-state index contributed by atoms with van der Waals surface area (Å²) >= 11 is 0. The number of methoxy groups -OCH3 is 2. The number of esters is 2. The Balaban J connectivity index is 0.00000168. The maximum Gasteiger partial charge on any atom is 0.337 e. The van der Waals surface area contributed by atoms with Gasteiger partial charge in [0.15, 0.2) is 0 Å². The second-order valence-corrected chi connectivity index (χ2v) is 17.8. The van der Waals surface area contributed by atoms with Crippen LogP contribution >= 0.6 is 0 Å². The number of fused-ring (bicyclic) bond motifs is 7. The molecule has 4 saturated carbocycles. The number of hydrogen-bond acceptors (Lipinski definition) is 6. The first kappa shape index (κ1) is 40.3. The lowest BCUT2D eigenvalue weighted by atomic mass is 9.36. The van der Waals surface area contributed by atoms with Gasteiger partial charge in [-0.05, 0) is 160 Å². The van der Waals surface area contributed by atoms with Gasteiger partial charge in [-0.1, -0.05) is 58.4 Å². The van der Waals surface area contributed by atoms with Crippen LogP contribution in [0, 0.1) is 51.2 Å². The summed E-state index contributed by atoms with van der Waals surface area (Å²) in [6.07, 6.45) is 18.3. The summed E-state index contributed by atoms with van der Waals surface area (Å²) in [5.41, 5.74) is 3.71. The van der Waals surface area contributed by atoms with E-state index < -0.39 is 0 Å². The summed E-state index contributed by atoms with van der Waals surface area (Å²) in [6, 6.07) is 8.04. The smallest absolute Gasteiger partial charge is 0.337 e. The van der Waals surface area contributed by atoms with E-state index in [-0.39, 0.29) is 28.2 Å². The van der Waals surface area contributed by atoms with Crippen LogP contribution in [0.25, 0.3) is 5.57 Å². The number of allylic oxidation sites excluding steroid dienone is 3. The van der Waals surface area contributed by atoms with Gasteiger partial charge in [0.05, 0.1) is 25.2 Å². The van der Waals surface area contributed by atoms with Gasteiger partial charge in [-0.2, -0.15) is 0 Å². The van der Waals surface area contributed by atoms with E-state index in [0.717, 1.165) is 45.2 Å². The molecule has 0 aromatic heterocycles. The first-order valence-corrected chi connectivity index (χ1v) is 20.4. The quantitative estimate of drug-likeness (QED) is 0.135. The molecule has 288 valence electrons. The molecule has 6 rings (SSSR count). The van der Waals surface area contributed by atoms with Crippen LogP contribution in [0.15, 0.2) is 43.0 Å². The Hall–Kier alpha value is -2.93. The molecule has 0 saturated heterocycles. The van der Waals surface area contributed by atoms with Crippen molar-refractivity contribution < 1.29 is 23.9 Å². The van der Waals surface area contributed by atoms with Crippen LogP contribution < -0.4 is 10.6 Å². The van der Waals surface area contributed by atoms with Crippen LogP contribution in [0.2, 0.25) is 0 Å². The van der Waals surface area contributed by atoms with Crippen molar-refractivity contribution >= 4 is 23.4 Å². The van der Waals surface area contributed by atoms with Gasteiger partial charge in [-0.3, -0.25) is 9.59 Å². The molecule has 4 fully saturated rings. The minimum Gasteiger partial charge on any atom is -0.469 e. The molecule has 5 aliphatic rings. The van der Waals surface area contributed by atoms with E-state index in [9.17, 15) is 14.4 Å². The van der Waals surface area contributed by atoms with E-state index in [1.165, 1.54) is 70.3 Å². The van der Waals surface area contributed by atoms with Crippen molar-refractivity contribution in [2.75, 3.05) is 33.9 Å². The molecule has 1 amide bonds. The van der Waals surface area contributed by atoms with Crippen molar-refractivity contribution in [1.29, 1.82) is 0 Å². The minimum absolute atomic E-state index is 0.0434. The highest BCUT2D eigenvalue weighted by molar-refractivity contribution is 5.90. The average molecular weight is 717 g/mol. The van der Waals surface area contributed by atoms with Gasteiger partial charge in [0.25, 0.3) is 0 Å². The van der Waals surface area contributed by atoms with Gasteiger partial charge < -0.3 is 20.1 Å². The first-order valence-electron chi connectivity index (χ1n) is 20.4. The third-order valence-electron chi connectivity index (χ3n) is 14.9. The number of hydrogen-bond donors (Lipinski definition) is 2. The molecule has 0 heterocycles. The van der Waals surface area contributed by atoms with Crippen LogP contribution in [-0.4, -0.2) is 51.7 Å². The third kappa shape index (κ3) is 7.42. The lowest BCUT2D eigenvalue weighted by Crippen LogP contribution is -2.62. The topological polar surface area (TPSA) is 93.7 Å². The van der Waals surface area contributed by atoms with E-state index in [2.05, 4.69) is 63.1 Å². The van der Waals surface area contributed by atoms with E-state index in [0.29, 0.717) is 59.4 Å². The van der Waals surface area contributed by atoms with Crippen LogP contribution in [-0.2, 0) is 19.1 Å². The fourth-order valence-electron chi connectivity index (χ4n) is 12.8. The SMILES string of the molecule is C=CC.COC(=O)CCCNCCCNC(=O)C12CCCC1C1CCC3C(C)(CCC4C(C)(C)C(c5ccc(C(=O)OC)cc5)=CCC43C)C1CC2. The van der Waals surface area contributed by atoms with Crippen LogP contribution in [0.4, 0.5) is 0 Å². The van der Waals surface area contributed by atoms with Crippen molar-refractivity contribution in [3.63, 3.8) is 0 Å². The normalized spacial score (nSPS) is 34.1. The fraction of sp³-hybridized carbons (Fsp3) is 0.711. The molecule has 2 N–H and O–H groups in total. The summed E-state index contributed by atoms with van der Waals surface area (Å²) < 4.78 is 9.65. The molecule has 1 aromatic carbocycles. The zero-order chi connectivity index (χ0) is 37.7. The Morgan fingerprint density at radius 2 is 1.54 bits per heavy atom. The van der Waals surface area contributed by atoms with Gasteiger partial charge in [0, 0.05) is 13.0 Å².